The van der Waals surface area contributed by atoms with E-state index in [0.717, 1.165) is 6.29 Å². The van der Waals surface area contributed by atoms with Crippen molar-refractivity contribution in [2.75, 3.05) is 6.61 Å². The minimum atomic E-state index is -0.393. The number of benzene rings is 1. The first-order valence-electron chi connectivity index (χ1n) is 5.17. The van der Waals surface area contributed by atoms with Gasteiger partial charge in [0.2, 0.25) is 0 Å². The molecular formula is C13H15NO2. The summed E-state index contributed by atoms with van der Waals surface area (Å²) >= 11 is 0. The van der Waals surface area contributed by atoms with Crippen LogP contribution >= 0.6 is 0 Å². The highest BCUT2D eigenvalue weighted by Gasteiger charge is 2.16. The third-order valence-electron chi connectivity index (χ3n) is 2.33. The normalized spacial score (nSPS) is 10.6. The molecule has 84 valence electrons. The Bertz CT molecular complexity index is 405. The van der Waals surface area contributed by atoms with Crippen LogP contribution in [-0.4, -0.2) is 12.9 Å². The lowest BCUT2D eigenvalue weighted by atomic mass is 9.92. The summed E-state index contributed by atoms with van der Waals surface area (Å²) in [5.41, 5.74) is 0.146. The van der Waals surface area contributed by atoms with Crippen molar-refractivity contribution >= 4 is 6.29 Å². The summed E-state index contributed by atoms with van der Waals surface area (Å²) in [5, 5.41) is 8.83. The summed E-state index contributed by atoms with van der Waals surface area (Å²) in [5.74, 6) is 0.575. The van der Waals surface area contributed by atoms with E-state index in [0.29, 0.717) is 24.3 Å². The van der Waals surface area contributed by atoms with E-state index in [2.05, 4.69) is 6.07 Å². The standard InChI is InChI=1S/C13H15NO2/c1-13(2,10-14)7-8-16-12-6-4-3-5-11(12)9-15/h3-6,9H,7-8H2,1-2H3. The second-order valence-corrected chi connectivity index (χ2v) is 4.25. The van der Waals surface area contributed by atoms with Gasteiger partial charge in [0.15, 0.2) is 6.29 Å². The van der Waals surface area contributed by atoms with Crippen LogP contribution in [0.1, 0.15) is 30.6 Å². The van der Waals surface area contributed by atoms with Crippen molar-refractivity contribution in [1.82, 2.24) is 0 Å². The topological polar surface area (TPSA) is 50.1 Å². The third kappa shape index (κ3) is 3.39. The smallest absolute Gasteiger partial charge is 0.153 e. The Morgan fingerprint density at radius 1 is 1.44 bits per heavy atom. The molecule has 0 unspecified atom stereocenters. The lowest BCUT2D eigenvalue weighted by molar-refractivity contribution is 0.111. The summed E-state index contributed by atoms with van der Waals surface area (Å²) in [4.78, 5) is 10.7. The second-order valence-electron chi connectivity index (χ2n) is 4.25. The highest BCUT2D eigenvalue weighted by molar-refractivity contribution is 5.79. The van der Waals surface area contributed by atoms with Crippen LogP contribution in [0.15, 0.2) is 24.3 Å². The average molecular weight is 217 g/mol. The van der Waals surface area contributed by atoms with Crippen LogP contribution in [-0.2, 0) is 0 Å². The SMILES string of the molecule is CC(C)(C#N)CCOc1ccccc1C=O. The third-order valence-corrected chi connectivity index (χ3v) is 2.33. The van der Waals surface area contributed by atoms with Gasteiger partial charge in [0.05, 0.1) is 23.7 Å². The first-order valence-corrected chi connectivity index (χ1v) is 5.17. The predicted octanol–water partition coefficient (Wildman–Crippen LogP) is 2.82. The molecule has 0 atom stereocenters. The zero-order chi connectivity index (χ0) is 12.0. The number of aldehydes is 1. The molecule has 0 amide bonds. The van der Waals surface area contributed by atoms with Crippen LogP contribution < -0.4 is 4.74 Å². The number of rotatable bonds is 5. The minimum Gasteiger partial charge on any atom is -0.493 e. The monoisotopic (exact) mass is 217 g/mol. The number of nitriles is 1. The lowest BCUT2D eigenvalue weighted by Crippen LogP contribution is -2.13. The van der Waals surface area contributed by atoms with Gasteiger partial charge in [-0.3, -0.25) is 4.79 Å². The van der Waals surface area contributed by atoms with Crippen molar-refractivity contribution < 1.29 is 9.53 Å². The molecule has 0 N–H and O–H groups in total. The Morgan fingerprint density at radius 3 is 2.75 bits per heavy atom. The van der Waals surface area contributed by atoms with Crippen molar-refractivity contribution in [3.8, 4) is 11.8 Å². The highest BCUT2D eigenvalue weighted by Crippen LogP contribution is 2.21. The second kappa shape index (κ2) is 5.32. The lowest BCUT2D eigenvalue weighted by Gasteiger charge is -2.15. The maximum atomic E-state index is 10.7. The maximum absolute atomic E-state index is 10.7. The first kappa shape index (κ1) is 12.3. The summed E-state index contributed by atoms with van der Waals surface area (Å²) in [6.45, 7) is 4.16. The van der Waals surface area contributed by atoms with E-state index >= 15 is 0 Å². The van der Waals surface area contributed by atoms with Gasteiger partial charge in [0, 0.05) is 0 Å². The van der Waals surface area contributed by atoms with Crippen molar-refractivity contribution in [1.29, 1.82) is 5.26 Å². The molecule has 16 heavy (non-hydrogen) atoms. The molecule has 3 nitrogen and oxygen atoms in total. The van der Waals surface area contributed by atoms with Gasteiger partial charge in [-0.25, -0.2) is 0 Å². The van der Waals surface area contributed by atoms with Gasteiger partial charge >= 0.3 is 0 Å². The van der Waals surface area contributed by atoms with Gasteiger partial charge in [-0.05, 0) is 32.4 Å². The van der Waals surface area contributed by atoms with E-state index in [-0.39, 0.29) is 0 Å². The van der Waals surface area contributed by atoms with Crippen molar-refractivity contribution in [2.45, 2.75) is 20.3 Å². The van der Waals surface area contributed by atoms with E-state index in [4.69, 9.17) is 10.00 Å². The molecule has 1 aromatic carbocycles. The molecule has 3 heteroatoms. The highest BCUT2D eigenvalue weighted by atomic mass is 16.5. The molecule has 0 fully saturated rings. The van der Waals surface area contributed by atoms with E-state index in [1.807, 2.05) is 19.9 Å². The largest absolute Gasteiger partial charge is 0.493 e. The molecule has 0 spiro atoms. The minimum absolute atomic E-state index is 0.393. The van der Waals surface area contributed by atoms with Crippen LogP contribution in [0.3, 0.4) is 0 Å². The first-order chi connectivity index (χ1) is 7.59. The fourth-order valence-corrected chi connectivity index (χ4v) is 1.18. The fraction of sp³-hybridized carbons (Fsp3) is 0.385. The van der Waals surface area contributed by atoms with Crippen LogP contribution in [0, 0.1) is 16.7 Å². The van der Waals surface area contributed by atoms with E-state index in [1.54, 1.807) is 18.2 Å². The van der Waals surface area contributed by atoms with Gasteiger partial charge in [-0.1, -0.05) is 12.1 Å². The number of carbonyl (C=O) groups excluding carboxylic acids is 1. The Hall–Kier alpha value is -1.82. The fourth-order valence-electron chi connectivity index (χ4n) is 1.18. The zero-order valence-corrected chi connectivity index (χ0v) is 9.56. The van der Waals surface area contributed by atoms with E-state index in [9.17, 15) is 4.79 Å². The Balaban J connectivity index is 2.56. The number of ether oxygens (including phenoxy) is 1. The van der Waals surface area contributed by atoms with Gasteiger partial charge in [-0.15, -0.1) is 0 Å². The molecule has 0 aliphatic heterocycles. The molecule has 0 saturated carbocycles. The molecule has 0 aliphatic carbocycles. The molecule has 0 aromatic heterocycles. The van der Waals surface area contributed by atoms with E-state index < -0.39 is 5.41 Å². The summed E-state index contributed by atoms with van der Waals surface area (Å²) in [6.07, 6.45) is 1.40. The number of hydrogen-bond donors (Lipinski definition) is 0. The summed E-state index contributed by atoms with van der Waals surface area (Å²) in [7, 11) is 0. The van der Waals surface area contributed by atoms with Gasteiger partial charge in [-0.2, -0.15) is 5.26 Å². The quantitative estimate of drug-likeness (QED) is 0.712. The van der Waals surface area contributed by atoms with Crippen LogP contribution in [0.4, 0.5) is 0 Å². The molecule has 0 radical (unpaired) electrons. The van der Waals surface area contributed by atoms with E-state index in [1.165, 1.54) is 0 Å². The Labute approximate surface area is 95.7 Å². The average Bonchev–Trinajstić information content (AvgIpc) is 2.29. The van der Waals surface area contributed by atoms with Crippen LogP contribution in [0.25, 0.3) is 0 Å². The number of para-hydroxylation sites is 1. The summed E-state index contributed by atoms with van der Waals surface area (Å²) in [6, 6.07) is 9.27. The van der Waals surface area contributed by atoms with Gasteiger partial charge < -0.3 is 4.74 Å². The molecular weight excluding hydrogens is 202 g/mol. The number of hydrogen-bond acceptors (Lipinski definition) is 3. The van der Waals surface area contributed by atoms with Gasteiger partial charge in [0.25, 0.3) is 0 Å². The van der Waals surface area contributed by atoms with Crippen molar-refractivity contribution in [3.63, 3.8) is 0 Å². The van der Waals surface area contributed by atoms with Gasteiger partial charge in [0.1, 0.15) is 5.75 Å². The van der Waals surface area contributed by atoms with Crippen molar-refractivity contribution in [3.05, 3.63) is 29.8 Å². The van der Waals surface area contributed by atoms with Crippen LogP contribution in [0.5, 0.6) is 5.75 Å². The number of carbonyl (C=O) groups is 1. The molecule has 0 aliphatic rings. The molecule has 0 bridgehead atoms. The van der Waals surface area contributed by atoms with Crippen molar-refractivity contribution in [2.24, 2.45) is 5.41 Å². The predicted molar refractivity (Wildman–Crippen MR) is 61.3 cm³/mol. The van der Waals surface area contributed by atoms with Crippen LogP contribution in [0.2, 0.25) is 0 Å². The molecule has 1 aromatic rings. The molecule has 0 saturated heterocycles. The summed E-state index contributed by atoms with van der Waals surface area (Å²) < 4.78 is 5.48. The Kier molecular flexibility index (Phi) is 4.07. The molecule has 1 rings (SSSR count). The number of nitrogens with zero attached hydrogens (tertiary/aromatic N) is 1. The molecule has 0 heterocycles. The maximum Gasteiger partial charge on any atom is 0.153 e. The zero-order valence-electron chi connectivity index (χ0n) is 9.56. The Morgan fingerprint density at radius 2 is 2.12 bits per heavy atom.